The van der Waals surface area contributed by atoms with Crippen molar-refractivity contribution in [3.8, 4) is 0 Å². The van der Waals surface area contributed by atoms with Crippen LogP contribution in [0.1, 0.15) is 0 Å². The zero-order chi connectivity index (χ0) is 49.3. The van der Waals surface area contributed by atoms with Gasteiger partial charge in [0.25, 0.3) is 0 Å². The van der Waals surface area contributed by atoms with Gasteiger partial charge in [0.2, 0.25) is 0 Å². The number of ether oxygens (including phenoxy) is 11. The largest absolute Gasteiger partial charge is 0.394 e. The molecule has 30 atom stereocenters. The summed E-state index contributed by atoms with van der Waals surface area (Å²) in [5.74, 6) is 0. The fourth-order valence-corrected chi connectivity index (χ4v) is 8.50. The highest BCUT2D eigenvalue weighted by Crippen LogP contribution is 2.36. The smallest absolute Gasteiger partial charge is 0.189 e. The van der Waals surface area contributed by atoms with Gasteiger partial charge in [-0.3, -0.25) is 0 Å². The summed E-state index contributed by atoms with van der Waals surface area (Å²) in [5.41, 5.74) is 0. The maximum Gasteiger partial charge on any atom is 0.189 e. The van der Waals surface area contributed by atoms with Crippen molar-refractivity contribution < 1.29 is 154 Å². The van der Waals surface area contributed by atoms with Crippen molar-refractivity contribution in [1.82, 2.24) is 0 Å². The summed E-state index contributed by atoms with van der Waals surface area (Å²) in [6.45, 7) is -5.77. The lowest BCUT2D eigenvalue weighted by molar-refractivity contribution is -0.395. The summed E-state index contributed by atoms with van der Waals surface area (Å²) >= 11 is 0. The van der Waals surface area contributed by atoms with Crippen LogP contribution in [0.25, 0.3) is 0 Å². The van der Waals surface area contributed by atoms with Gasteiger partial charge in [-0.25, -0.2) is 4.39 Å². The molecular formula is C36H61FO30. The molecule has 19 N–H and O–H groups in total. The predicted octanol–water partition coefficient (Wildman–Crippen LogP) is -13.1. The van der Waals surface area contributed by atoms with Gasteiger partial charge in [-0.15, -0.1) is 0 Å². The Morgan fingerprint density at radius 3 is 0.761 bits per heavy atom. The highest BCUT2D eigenvalue weighted by molar-refractivity contribution is 5.00. The lowest BCUT2D eigenvalue weighted by Crippen LogP contribution is -2.68. The number of halogens is 1. The molecule has 6 aliphatic rings. The molecule has 0 spiro atoms. The van der Waals surface area contributed by atoms with Crippen LogP contribution in [0.2, 0.25) is 0 Å². The fraction of sp³-hybridized carbons (Fsp3) is 1.00. The van der Waals surface area contributed by atoms with E-state index in [-0.39, 0.29) is 0 Å². The van der Waals surface area contributed by atoms with Crippen molar-refractivity contribution in [2.75, 3.05) is 39.6 Å². The first kappa shape index (κ1) is 55.1. The molecule has 30 nitrogen and oxygen atoms in total. The lowest BCUT2D eigenvalue weighted by Gasteiger charge is -2.49. The second-order valence-electron chi connectivity index (χ2n) is 16.7. The Bertz CT molecular complexity index is 1500. The SMILES string of the molecule is OC[C@H]1O[C@@H](O[C@H]2[C@H](O)[C@@H](O)[C@H](O[C@H]3[C@H](O)[C@@H](O)[C@H](O[C@H]4[C@H](O)[C@@H](O)[C@H](O[C@H]5[C@H](O)[C@@H](O)[C@H](O[C@H]6[C@H](O)[C@@H](F)[C@@H](O)O[C@@H]6CO)O[C@@H]5CO)O[C@@H]4CO)O[C@@H]3CO)O[C@@H]2CO)[C@H](O)[C@@H](O)[C@@H]1O. The van der Waals surface area contributed by atoms with Crippen LogP contribution in [0.3, 0.4) is 0 Å². The normalized spacial score (nSPS) is 53.4. The lowest BCUT2D eigenvalue weighted by atomic mass is 9.95. The van der Waals surface area contributed by atoms with E-state index in [2.05, 4.69) is 0 Å². The number of rotatable bonds is 16. The molecule has 6 rings (SSSR count). The Balaban J connectivity index is 1.07. The molecule has 0 aromatic rings. The minimum Gasteiger partial charge on any atom is -0.394 e. The average Bonchev–Trinajstić information content (AvgIpc) is 3.32. The molecule has 0 aromatic heterocycles. The zero-order valence-electron chi connectivity index (χ0n) is 34.9. The molecule has 0 radical (unpaired) electrons. The van der Waals surface area contributed by atoms with E-state index in [0.717, 1.165) is 0 Å². The first-order valence-electron chi connectivity index (χ1n) is 21.1. The molecule has 6 saturated heterocycles. The highest BCUT2D eigenvalue weighted by Gasteiger charge is 2.57. The molecular weight excluding hydrogens is 931 g/mol. The Kier molecular flexibility index (Phi) is 19.3. The molecule has 6 fully saturated rings. The number of alkyl halides is 1. The van der Waals surface area contributed by atoms with Gasteiger partial charge in [-0.2, -0.15) is 0 Å². The molecule has 392 valence electrons. The third-order valence-corrected chi connectivity index (χ3v) is 12.4. The summed E-state index contributed by atoms with van der Waals surface area (Å²) in [5, 5.41) is 199. The Morgan fingerprint density at radius 1 is 0.269 bits per heavy atom. The second kappa shape index (κ2) is 23.5. The molecule has 6 heterocycles. The first-order chi connectivity index (χ1) is 31.8. The van der Waals surface area contributed by atoms with Gasteiger partial charge >= 0.3 is 0 Å². The van der Waals surface area contributed by atoms with Crippen LogP contribution in [-0.2, 0) is 52.1 Å². The predicted molar refractivity (Wildman–Crippen MR) is 198 cm³/mol. The van der Waals surface area contributed by atoms with E-state index in [1.165, 1.54) is 0 Å². The third-order valence-electron chi connectivity index (χ3n) is 12.4. The van der Waals surface area contributed by atoms with E-state index in [1.807, 2.05) is 0 Å². The average molecular weight is 993 g/mol. The Hall–Kier alpha value is -1.27. The molecule has 67 heavy (non-hydrogen) atoms. The Morgan fingerprint density at radius 2 is 0.493 bits per heavy atom. The van der Waals surface area contributed by atoms with E-state index in [9.17, 15) is 101 Å². The van der Waals surface area contributed by atoms with Gasteiger partial charge in [0.05, 0.1) is 39.6 Å². The standard InChI is InChI=1S/C36H61FO30/c37-13-15(45)26(8(2-39)57-31(13)56)63-33-22(52)17(47)28(10(4-41)59-33)65-35-24(54)19(49)30(12(6-43)61-35)67-36-25(55)20(50)29(11(5-42)62-36)66-34-23(53)18(48)27(9(3-40)60-34)64-32-21(51)16(46)14(44)7(1-38)58-32/h7-36,38-56H,1-6H2/t7-,8-,9-,10-,11-,12-,13-,14-,15-,16+,17-,18-,19-,20-,21-,22-,23-,24-,25-,26-,27-,28-,29-,30-,31+,32+,33+,34+,35+,36+/m1/s1. The van der Waals surface area contributed by atoms with Crippen molar-refractivity contribution >= 4 is 0 Å². The summed E-state index contributed by atoms with van der Waals surface area (Å²) in [7, 11) is 0. The molecule has 0 bridgehead atoms. The zero-order valence-corrected chi connectivity index (χ0v) is 34.9. The van der Waals surface area contributed by atoms with Gasteiger partial charge < -0.3 is 149 Å². The Labute approximate surface area is 377 Å². The van der Waals surface area contributed by atoms with Crippen molar-refractivity contribution in [3.63, 3.8) is 0 Å². The minimum absolute atomic E-state index is 0.832. The van der Waals surface area contributed by atoms with Crippen LogP contribution >= 0.6 is 0 Å². The van der Waals surface area contributed by atoms with E-state index in [4.69, 9.17) is 52.1 Å². The third kappa shape index (κ3) is 11.2. The van der Waals surface area contributed by atoms with Gasteiger partial charge in [-0.1, -0.05) is 0 Å². The molecule has 0 aromatic carbocycles. The maximum atomic E-state index is 14.3. The topological polar surface area (TPSA) is 486 Å². The number of aliphatic hydroxyl groups is 19. The molecule has 0 saturated carbocycles. The number of hydrogen-bond acceptors (Lipinski definition) is 30. The number of hydrogen-bond donors (Lipinski definition) is 19. The molecule has 0 unspecified atom stereocenters. The van der Waals surface area contributed by atoms with Gasteiger partial charge in [-0.05, 0) is 0 Å². The molecule has 0 amide bonds. The number of aliphatic hydroxyl groups excluding tert-OH is 19. The summed E-state index contributed by atoms with van der Waals surface area (Å²) in [6.07, 6.45) is -57.9. The van der Waals surface area contributed by atoms with Crippen LogP contribution in [0.5, 0.6) is 0 Å². The van der Waals surface area contributed by atoms with Crippen LogP contribution in [0, 0.1) is 0 Å². The summed E-state index contributed by atoms with van der Waals surface area (Å²) in [4.78, 5) is 0. The van der Waals surface area contributed by atoms with E-state index >= 15 is 0 Å². The monoisotopic (exact) mass is 992 g/mol. The van der Waals surface area contributed by atoms with Gasteiger partial charge in [0, 0.05) is 0 Å². The minimum atomic E-state index is -2.43. The van der Waals surface area contributed by atoms with Crippen molar-refractivity contribution in [3.05, 3.63) is 0 Å². The maximum absolute atomic E-state index is 14.3. The van der Waals surface area contributed by atoms with Crippen LogP contribution < -0.4 is 0 Å². The van der Waals surface area contributed by atoms with Crippen molar-refractivity contribution in [1.29, 1.82) is 0 Å². The highest BCUT2D eigenvalue weighted by atomic mass is 19.1. The molecule has 31 heteroatoms. The quantitative estimate of drug-likeness (QED) is 0.0683. The van der Waals surface area contributed by atoms with Gasteiger partial charge in [0.15, 0.2) is 43.9 Å². The summed E-state index contributed by atoms with van der Waals surface area (Å²) < 4.78 is 74.5. The van der Waals surface area contributed by atoms with E-state index in [1.54, 1.807) is 0 Å². The van der Waals surface area contributed by atoms with Crippen molar-refractivity contribution in [2.45, 2.75) is 184 Å². The fourth-order valence-electron chi connectivity index (χ4n) is 8.50. The second-order valence-corrected chi connectivity index (χ2v) is 16.7. The van der Waals surface area contributed by atoms with Crippen LogP contribution in [0.15, 0.2) is 0 Å². The van der Waals surface area contributed by atoms with E-state index < -0.39 is 224 Å². The van der Waals surface area contributed by atoms with Crippen LogP contribution in [0.4, 0.5) is 4.39 Å². The first-order valence-corrected chi connectivity index (χ1v) is 21.1. The van der Waals surface area contributed by atoms with Crippen molar-refractivity contribution in [2.24, 2.45) is 0 Å². The van der Waals surface area contributed by atoms with Crippen LogP contribution in [-0.4, -0.2) is 321 Å². The molecule has 6 aliphatic heterocycles. The van der Waals surface area contributed by atoms with Gasteiger partial charge in [0.1, 0.15) is 140 Å². The van der Waals surface area contributed by atoms with E-state index in [0.29, 0.717) is 0 Å². The molecule has 0 aliphatic carbocycles. The summed E-state index contributed by atoms with van der Waals surface area (Å²) in [6, 6.07) is 0.